The third kappa shape index (κ3) is 8.19. The fourth-order valence-electron chi connectivity index (χ4n) is 3.46. The predicted molar refractivity (Wildman–Crippen MR) is 153 cm³/mol. The van der Waals surface area contributed by atoms with Gasteiger partial charge >= 0.3 is 0 Å². The Labute approximate surface area is 254 Å². The molecule has 1 radical (unpaired) electrons. The fraction of sp³-hybridized carbons (Fsp3) is 0.242. The second-order valence-electron chi connectivity index (χ2n) is 9.29. The molecule has 0 aliphatic rings. The summed E-state index contributed by atoms with van der Waals surface area (Å²) < 4.78 is 43.9. The van der Waals surface area contributed by atoms with Crippen LogP contribution < -0.4 is 0 Å². The van der Waals surface area contributed by atoms with Gasteiger partial charge < -0.3 is 9.97 Å². The van der Waals surface area contributed by atoms with Gasteiger partial charge in [-0.1, -0.05) is 58.8 Å². The van der Waals surface area contributed by atoms with E-state index in [-0.39, 0.29) is 43.2 Å². The minimum Gasteiger partial charge on any atom is -0.304 e. The van der Waals surface area contributed by atoms with Crippen molar-refractivity contribution in [3.8, 4) is 33.9 Å². The molecule has 5 nitrogen and oxygen atoms in total. The summed E-state index contributed by atoms with van der Waals surface area (Å²) in [6.07, 6.45) is 1.82. The molecular formula is C33H33IrN5-2. The zero-order valence-electron chi connectivity index (χ0n) is 28.2. The first kappa shape index (κ1) is 22.2. The number of hydrogen-bond donors (Lipinski definition) is 0. The molecule has 39 heavy (non-hydrogen) atoms. The van der Waals surface area contributed by atoms with Gasteiger partial charge in [0, 0.05) is 57.6 Å². The largest absolute Gasteiger partial charge is 0.304 e. The quantitative estimate of drug-likeness (QED) is 0.176. The summed E-state index contributed by atoms with van der Waals surface area (Å²) in [4.78, 5) is 22.4. The number of hydrogen-bond acceptors (Lipinski definition) is 5. The van der Waals surface area contributed by atoms with Crippen molar-refractivity contribution in [3.05, 3.63) is 114 Å². The van der Waals surface area contributed by atoms with Gasteiger partial charge in [0.15, 0.2) is 5.82 Å². The summed E-state index contributed by atoms with van der Waals surface area (Å²) in [5, 5.41) is 0. The van der Waals surface area contributed by atoms with Gasteiger partial charge in [-0.15, -0.1) is 71.3 Å². The molecule has 3 heterocycles. The van der Waals surface area contributed by atoms with Crippen molar-refractivity contribution in [1.29, 1.82) is 0 Å². The Morgan fingerprint density at radius 2 is 1.46 bits per heavy atom. The maximum absolute atomic E-state index is 7.33. The zero-order valence-corrected chi connectivity index (χ0v) is 24.6. The van der Waals surface area contributed by atoms with E-state index in [9.17, 15) is 0 Å². The molecule has 5 rings (SSSR count). The molecule has 0 spiro atoms. The number of pyridine rings is 2. The predicted octanol–water partition coefficient (Wildman–Crippen LogP) is 7.81. The molecule has 0 saturated carbocycles. The van der Waals surface area contributed by atoms with Crippen molar-refractivity contribution in [2.75, 3.05) is 0 Å². The monoisotopic (exact) mass is 698 g/mol. The van der Waals surface area contributed by atoms with Gasteiger partial charge in [0.05, 0.1) is 0 Å². The number of aryl methyl sites for hydroxylation is 2. The van der Waals surface area contributed by atoms with Gasteiger partial charge in [-0.05, 0) is 24.3 Å². The van der Waals surface area contributed by atoms with Crippen LogP contribution in [-0.2, 0) is 20.1 Å². The first-order valence-corrected chi connectivity index (χ1v) is 12.4. The third-order valence-electron chi connectivity index (χ3n) is 5.55. The topological polar surface area (TPSA) is 64.5 Å². The molecule has 6 heteroatoms. The van der Waals surface area contributed by atoms with E-state index in [1.165, 1.54) is 18.2 Å². The van der Waals surface area contributed by atoms with E-state index in [0.717, 1.165) is 28.5 Å². The summed E-state index contributed by atoms with van der Waals surface area (Å²) >= 11 is 0. The molecule has 2 aromatic carbocycles. The van der Waals surface area contributed by atoms with Crippen molar-refractivity contribution < 1.29 is 28.3 Å². The average molecular weight is 698 g/mol. The number of rotatable bonds is 5. The van der Waals surface area contributed by atoms with E-state index in [4.69, 9.17) is 8.22 Å². The molecule has 0 aliphatic heterocycles. The Morgan fingerprint density at radius 3 is 2.03 bits per heavy atom. The maximum Gasteiger partial charge on any atom is 0.164 e. The standard InChI is InChI=1S/C20H21N4.C13H12N.Ir/c1-13(2)18-22-19(14(3)4)24-20(23-18)16-10-11-17(21-12-16)15-8-6-5-7-9-15;1-10-6-8-12(9-7-10)13-5-3-4-11(2)14-13;/h5-8,10-14H,1-4H3;3-8H,1-2H3;/q2*-1;/i;1D3,2D3;. The molecule has 0 atom stereocenters. The third-order valence-corrected chi connectivity index (χ3v) is 5.55. The van der Waals surface area contributed by atoms with E-state index in [1.54, 1.807) is 18.2 Å². The summed E-state index contributed by atoms with van der Waals surface area (Å²) in [6.45, 7) is 3.93. The summed E-state index contributed by atoms with van der Waals surface area (Å²) in [6, 6.07) is 27.0. The van der Waals surface area contributed by atoms with Crippen molar-refractivity contribution >= 4 is 0 Å². The van der Waals surface area contributed by atoms with Gasteiger partial charge in [-0.3, -0.25) is 0 Å². The van der Waals surface area contributed by atoms with Crippen molar-refractivity contribution in [1.82, 2.24) is 24.9 Å². The SMILES string of the molecule is CC(C)c1nc(-c2ccc(-c3[c-]cccc3)nc2)nc(C(C)C)n1.[2H]C([2H])([2H])c1c[c-]c(-c2cccc(C([2H])([2H])[2H])n2)cc1.[Ir]. The van der Waals surface area contributed by atoms with E-state index < -0.39 is 13.7 Å². The summed E-state index contributed by atoms with van der Waals surface area (Å²) in [5.41, 5.74) is 3.98. The van der Waals surface area contributed by atoms with Crippen molar-refractivity contribution in [2.24, 2.45) is 0 Å². The molecule has 0 saturated heterocycles. The van der Waals surface area contributed by atoms with E-state index in [2.05, 4.69) is 64.7 Å². The molecule has 0 unspecified atom stereocenters. The zero-order chi connectivity index (χ0) is 32.1. The second-order valence-corrected chi connectivity index (χ2v) is 9.29. The smallest absolute Gasteiger partial charge is 0.164 e. The molecule has 5 aromatic rings. The number of benzene rings is 2. The Hall–Kier alpha value is -3.60. The van der Waals surface area contributed by atoms with E-state index in [0.29, 0.717) is 17.1 Å². The normalized spacial score (nSPS) is 13.5. The molecule has 0 aliphatic carbocycles. The molecule has 201 valence electrons. The first-order chi connectivity index (χ1) is 20.7. The van der Waals surface area contributed by atoms with Crippen molar-refractivity contribution in [2.45, 2.75) is 53.2 Å². The summed E-state index contributed by atoms with van der Waals surface area (Å²) in [7, 11) is 0. The van der Waals surface area contributed by atoms with E-state index >= 15 is 0 Å². The van der Waals surface area contributed by atoms with Gasteiger partial charge in [0.25, 0.3) is 0 Å². The molecule has 0 amide bonds. The van der Waals surface area contributed by atoms with Crippen LogP contribution in [-0.4, -0.2) is 24.9 Å². The second kappa shape index (κ2) is 14.0. The van der Waals surface area contributed by atoms with Gasteiger partial charge in [-0.2, -0.15) is 0 Å². The van der Waals surface area contributed by atoms with Crippen LogP contribution in [0.3, 0.4) is 0 Å². The minimum atomic E-state index is -2.27. The number of nitrogens with zero attached hydrogens (tertiary/aromatic N) is 5. The van der Waals surface area contributed by atoms with Crippen LogP contribution in [0.4, 0.5) is 0 Å². The van der Waals surface area contributed by atoms with Gasteiger partial charge in [0.1, 0.15) is 11.6 Å². The van der Waals surface area contributed by atoms with Gasteiger partial charge in [-0.25, -0.2) is 15.0 Å². The first-order valence-electron chi connectivity index (χ1n) is 15.4. The molecule has 0 fully saturated rings. The Bertz CT molecular complexity index is 1650. The summed E-state index contributed by atoms with van der Waals surface area (Å²) in [5.74, 6) is 2.85. The van der Waals surface area contributed by atoms with Crippen LogP contribution in [0.15, 0.2) is 79.0 Å². The van der Waals surface area contributed by atoms with E-state index in [1.807, 2.05) is 42.6 Å². The fourth-order valence-corrected chi connectivity index (χ4v) is 3.46. The Kier molecular flexibility index (Phi) is 7.97. The van der Waals surface area contributed by atoms with Crippen LogP contribution in [0.5, 0.6) is 0 Å². The van der Waals surface area contributed by atoms with Crippen LogP contribution in [0.1, 0.15) is 70.7 Å². The molecule has 0 bridgehead atoms. The molecule has 0 N–H and O–H groups in total. The molecular weight excluding hydrogens is 659 g/mol. The minimum absolute atomic E-state index is 0. The van der Waals surface area contributed by atoms with Crippen LogP contribution >= 0.6 is 0 Å². The average Bonchev–Trinajstić information content (AvgIpc) is 3.01. The molecule has 3 aromatic heterocycles. The van der Waals surface area contributed by atoms with Crippen LogP contribution in [0.2, 0.25) is 0 Å². The Morgan fingerprint density at radius 1 is 0.692 bits per heavy atom. The Balaban J connectivity index is 0.000000244. The van der Waals surface area contributed by atoms with Crippen LogP contribution in [0, 0.1) is 25.8 Å². The van der Waals surface area contributed by atoms with Crippen LogP contribution in [0.25, 0.3) is 33.9 Å². The maximum atomic E-state index is 7.33. The van der Waals surface area contributed by atoms with Crippen molar-refractivity contribution in [3.63, 3.8) is 0 Å². The number of aromatic nitrogens is 5. The van der Waals surface area contributed by atoms with Gasteiger partial charge in [0.2, 0.25) is 0 Å².